The number of anilines is 3. The Bertz CT molecular complexity index is 980. The number of amides is 1. The molecule has 3 heterocycles. The molecule has 138 valence electrons. The topological polar surface area (TPSA) is 92.9 Å². The number of carbonyl (C=O) groups is 1. The first kappa shape index (κ1) is 17.5. The number of hydrogen-bond donors (Lipinski definition) is 3. The minimum Gasteiger partial charge on any atom is -0.382 e. The third-order valence-corrected chi connectivity index (χ3v) is 5.54. The fraction of sp³-hybridized carbons (Fsp3) is 0.250. The molecule has 0 unspecified atom stereocenters. The fourth-order valence-corrected chi connectivity index (χ4v) is 3.64. The van der Waals surface area contributed by atoms with Gasteiger partial charge < -0.3 is 16.4 Å². The van der Waals surface area contributed by atoms with Gasteiger partial charge in [-0.3, -0.25) is 4.79 Å². The van der Waals surface area contributed by atoms with Crippen LogP contribution in [0, 0.1) is 12.8 Å². The van der Waals surface area contributed by atoms with E-state index < -0.39 is 0 Å². The molecule has 4 rings (SSSR count). The number of nitrogens with two attached hydrogens (primary N) is 1. The van der Waals surface area contributed by atoms with Crippen LogP contribution in [-0.4, -0.2) is 15.9 Å². The van der Waals surface area contributed by atoms with Crippen LogP contribution >= 0.6 is 11.3 Å². The molecule has 6 nitrogen and oxygen atoms in total. The van der Waals surface area contributed by atoms with Crippen LogP contribution in [0.2, 0.25) is 0 Å². The summed E-state index contributed by atoms with van der Waals surface area (Å²) in [6, 6.07) is 7.95. The van der Waals surface area contributed by atoms with Crippen LogP contribution in [0.3, 0.4) is 0 Å². The number of hydrogen-bond acceptors (Lipinski definition) is 6. The molecule has 1 amide bonds. The van der Waals surface area contributed by atoms with Crippen molar-refractivity contribution in [1.82, 2.24) is 9.97 Å². The Hall–Kier alpha value is -2.93. The lowest BCUT2D eigenvalue weighted by atomic mass is 10.2. The molecular formula is C20H21N5OS. The van der Waals surface area contributed by atoms with E-state index in [9.17, 15) is 4.79 Å². The molecule has 1 aliphatic carbocycles. The average molecular weight is 379 g/mol. The summed E-state index contributed by atoms with van der Waals surface area (Å²) < 4.78 is 0. The van der Waals surface area contributed by atoms with Crippen molar-refractivity contribution in [2.24, 2.45) is 5.92 Å². The van der Waals surface area contributed by atoms with Crippen LogP contribution in [0.1, 0.15) is 24.0 Å². The first-order valence-electron chi connectivity index (χ1n) is 8.89. The van der Waals surface area contributed by atoms with Crippen molar-refractivity contribution in [3.05, 3.63) is 53.2 Å². The second-order valence-electron chi connectivity index (χ2n) is 6.81. The van der Waals surface area contributed by atoms with E-state index in [1.807, 2.05) is 18.2 Å². The number of nitrogen functional groups attached to an aromatic ring is 1. The van der Waals surface area contributed by atoms with Gasteiger partial charge >= 0.3 is 0 Å². The molecule has 1 saturated carbocycles. The van der Waals surface area contributed by atoms with E-state index in [0.717, 1.165) is 34.5 Å². The molecule has 0 bridgehead atoms. The highest BCUT2D eigenvalue weighted by Gasteiger charge is 2.29. The van der Waals surface area contributed by atoms with Gasteiger partial charge in [0.15, 0.2) is 0 Å². The molecule has 0 radical (unpaired) electrons. The number of thiophene rings is 1. The van der Waals surface area contributed by atoms with E-state index in [0.29, 0.717) is 18.2 Å². The van der Waals surface area contributed by atoms with Gasteiger partial charge in [-0.05, 0) is 60.5 Å². The molecule has 1 aliphatic rings. The summed E-state index contributed by atoms with van der Waals surface area (Å²) in [7, 11) is 0. The van der Waals surface area contributed by atoms with Gasteiger partial charge in [-0.15, -0.1) is 11.3 Å². The molecule has 3 aromatic rings. The lowest BCUT2D eigenvalue weighted by Gasteiger charge is -2.11. The lowest BCUT2D eigenvalue weighted by Crippen LogP contribution is -2.14. The maximum Gasteiger partial charge on any atom is 0.228 e. The first-order valence-corrected chi connectivity index (χ1v) is 9.77. The Morgan fingerprint density at radius 1 is 1.30 bits per heavy atom. The molecule has 0 spiro atoms. The molecular weight excluding hydrogens is 358 g/mol. The van der Waals surface area contributed by atoms with Crippen molar-refractivity contribution in [3.8, 4) is 10.4 Å². The summed E-state index contributed by atoms with van der Waals surface area (Å²) in [5, 5.41) is 8.33. The number of rotatable bonds is 6. The summed E-state index contributed by atoms with van der Waals surface area (Å²) in [6.45, 7) is 2.64. The zero-order valence-corrected chi connectivity index (χ0v) is 15.8. The minimum atomic E-state index is 0.0556. The predicted octanol–water partition coefficient (Wildman–Crippen LogP) is 4.06. The van der Waals surface area contributed by atoms with Crippen molar-refractivity contribution in [2.45, 2.75) is 26.3 Å². The zero-order valence-electron chi connectivity index (χ0n) is 15.0. The number of aromatic nitrogens is 2. The van der Waals surface area contributed by atoms with Crippen molar-refractivity contribution in [1.29, 1.82) is 0 Å². The largest absolute Gasteiger partial charge is 0.382 e. The van der Waals surface area contributed by atoms with Crippen LogP contribution in [-0.2, 0) is 11.3 Å². The highest BCUT2D eigenvalue weighted by molar-refractivity contribution is 7.13. The highest BCUT2D eigenvalue weighted by Crippen LogP contribution is 2.31. The average Bonchev–Trinajstić information content (AvgIpc) is 3.43. The number of aryl methyl sites for hydroxylation is 1. The Balaban J connectivity index is 1.46. The van der Waals surface area contributed by atoms with Gasteiger partial charge in [0.25, 0.3) is 0 Å². The van der Waals surface area contributed by atoms with Crippen molar-refractivity contribution >= 4 is 34.6 Å². The predicted molar refractivity (Wildman–Crippen MR) is 110 cm³/mol. The van der Waals surface area contributed by atoms with E-state index in [-0.39, 0.29) is 11.8 Å². The maximum atomic E-state index is 11.9. The highest BCUT2D eigenvalue weighted by atomic mass is 32.1. The fourth-order valence-electron chi connectivity index (χ4n) is 2.76. The molecule has 0 aliphatic heterocycles. The van der Waals surface area contributed by atoms with Crippen LogP contribution in [0.4, 0.5) is 17.3 Å². The summed E-state index contributed by atoms with van der Waals surface area (Å²) in [6.07, 6.45) is 5.44. The van der Waals surface area contributed by atoms with E-state index >= 15 is 0 Å². The Labute approximate surface area is 161 Å². The number of carbonyl (C=O) groups excluding carboxylic acids is 1. The molecule has 1 fully saturated rings. The second-order valence-corrected chi connectivity index (χ2v) is 7.72. The third-order valence-electron chi connectivity index (χ3n) is 4.44. The summed E-state index contributed by atoms with van der Waals surface area (Å²) in [4.78, 5) is 21.6. The van der Waals surface area contributed by atoms with Crippen molar-refractivity contribution in [2.75, 3.05) is 16.4 Å². The molecule has 7 heteroatoms. The second kappa shape index (κ2) is 7.36. The SMILES string of the molecule is Cc1csc(-c2cnc(N)c(NCc3ccnc(NC(=O)C4CC4)c3)c2)c1. The van der Waals surface area contributed by atoms with Gasteiger partial charge in [0.1, 0.15) is 11.6 Å². The Morgan fingerprint density at radius 3 is 2.89 bits per heavy atom. The van der Waals surface area contributed by atoms with Crippen LogP contribution < -0.4 is 16.4 Å². The Morgan fingerprint density at radius 2 is 2.15 bits per heavy atom. The number of nitrogens with one attached hydrogen (secondary N) is 2. The third kappa shape index (κ3) is 4.25. The molecule has 0 aromatic carbocycles. The first-order chi connectivity index (χ1) is 13.1. The van der Waals surface area contributed by atoms with E-state index in [2.05, 4.69) is 39.0 Å². The van der Waals surface area contributed by atoms with E-state index in [4.69, 9.17) is 5.73 Å². The standard InChI is InChI=1S/C20H21N5OS/c1-12-6-17(27-11-12)15-8-16(19(21)24-10-15)23-9-13-4-5-22-18(7-13)25-20(26)14-2-3-14/h4-8,10-11,14,23H,2-3,9H2,1H3,(H2,21,24)(H,22,25,26). The summed E-state index contributed by atoms with van der Waals surface area (Å²) >= 11 is 1.69. The van der Waals surface area contributed by atoms with E-state index in [1.54, 1.807) is 23.7 Å². The number of pyridine rings is 2. The Kier molecular flexibility index (Phi) is 4.77. The smallest absolute Gasteiger partial charge is 0.228 e. The molecule has 27 heavy (non-hydrogen) atoms. The van der Waals surface area contributed by atoms with Crippen molar-refractivity contribution in [3.63, 3.8) is 0 Å². The van der Waals surface area contributed by atoms with Gasteiger partial charge in [-0.2, -0.15) is 0 Å². The number of nitrogens with zero attached hydrogens (tertiary/aromatic N) is 2. The van der Waals surface area contributed by atoms with Gasteiger partial charge in [0.05, 0.1) is 5.69 Å². The molecule has 0 atom stereocenters. The normalized spacial score (nSPS) is 13.4. The maximum absolute atomic E-state index is 11.9. The zero-order chi connectivity index (χ0) is 18.8. The molecule has 4 N–H and O–H groups in total. The van der Waals surface area contributed by atoms with E-state index in [1.165, 1.54) is 5.56 Å². The summed E-state index contributed by atoms with van der Waals surface area (Å²) in [5.41, 5.74) is 10.1. The van der Waals surface area contributed by atoms with Crippen molar-refractivity contribution < 1.29 is 4.79 Å². The van der Waals surface area contributed by atoms with Gasteiger partial charge in [-0.25, -0.2) is 9.97 Å². The molecule has 3 aromatic heterocycles. The van der Waals surface area contributed by atoms with Crippen LogP contribution in [0.25, 0.3) is 10.4 Å². The quantitative estimate of drug-likeness (QED) is 0.601. The van der Waals surface area contributed by atoms with Crippen LogP contribution in [0.5, 0.6) is 0 Å². The monoisotopic (exact) mass is 379 g/mol. The minimum absolute atomic E-state index is 0.0556. The lowest BCUT2D eigenvalue weighted by molar-refractivity contribution is -0.117. The summed E-state index contributed by atoms with van der Waals surface area (Å²) in [5.74, 6) is 1.26. The van der Waals surface area contributed by atoms with Gasteiger partial charge in [0, 0.05) is 35.3 Å². The van der Waals surface area contributed by atoms with Gasteiger partial charge in [-0.1, -0.05) is 0 Å². The van der Waals surface area contributed by atoms with Crippen LogP contribution in [0.15, 0.2) is 42.0 Å². The van der Waals surface area contributed by atoms with Gasteiger partial charge in [0.2, 0.25) is 5.91 Å². The molecule has 0 saturated heterocycles.